The van der Waals surface area contributed by atoms with E-state index < -0.39 is 23.5 Å². The monoisotopic (exact) mass is 939 g/mol. The summed E-state index contributed by atoms with van der Waals surface area (Å²) < 4.78 is 14.2. The molecule has 0 aliphatic carbocycles. The first-order valence-corrected chi connectivity index (χ1v) is 20.6. The average Bonchev–Trinajstić information content (AvgIpc) is 3.94. The van der Waals surface area contributed by atoms with E-state index in [1.807, 2.05) is 18.4 Å². The van der Waals surface area contributed by atoms with Crippen LogP contribution >= 0.6 is 78.8 Å². The van der Waals surface area contributed by atoms with Crippen LogP contribution in [0.25, 0.3) is 33.4 Å². The van der Waals surface area contributed by atoms with E-state index in [-0.39, 0.29) is 110 Å². The van der Waals surface area contributed by atoms with Crippen molar-refractivity contribution in [3.63, 3.8) is 0 Å². The summed E-state index contributed by atoms with van der Waals surface area (Å²) in [6.07, 6.45) is 3.60. The van der Waals surface area contributed by atoms with Crippen molar-refractivity contribution in [3.8, 4) is 22.5 Å². The number of methoxy groups -OCH3 is 1. The normalized spacial score (nSPS) is 21.8. The van der Waals surface area contributed by atoms with E-state index in [1.54, 1.807) is 13.3 Å². The highest BCUT2D eigenvalue weighted by Crippen LogP contribution is 2.42. The number of pyridine rings is 1. The van der Waals surface area contributed by atoms with E-state index >= 15 is 0 Å². The van der Waals surface area contributed by atoms with Crippen molar-refractivity contribution in [2.75, 3.05) is 33.4 Å². The molecule has 4 aromatic rings. The number of hydrogen-bond donors (Lipinski definition) is 3. The second kappa shape index (κ2) is 22.8. The molecule has 3 aliphatic rings. The molecule has 334 valence electrons. The zero-order valence-electron chi connectivity index (χ0n) is 35.6. The molecule has 6 heterocycles. The van der Waals surface area contributed by atoms with Crippen molar-refractivity contribution in [2.45, 2.75) is 92.0 Å². The number of nitrogens with zero attached hydrogens (tertiary/aromatic N) is 4. The van der Waals surface area contributed by atoms with Crippen molar-refractivity contribution >= 4 is 108 Å². The number of amides is 2. The number of ether oxygens (including phenoxy) is 2. The maximum atomic E-state index is 14.3. The molecule has 2 saturated heterocycles. The summed E-state index contributed by atoms with van der Waals surface area (Å²) in [6.45, 7) is 15.3. The highest BCUT2D eigenvalue weighted by molar-refractivity contribution is 7.60. The topological polar surface area (TPSA) is 140 Å². The maximum Gasteiger partial charge on any atom is 0.324 e. The number of aryl methyl sites for hydroxylation is 1. The molecule has 0 saturated carbocycles. The van der Waals surface area contributed by atoms with Crippen LogP contribution in [-0.4, -0.2) is 82.8 Å². The van der Waals surface area contributed by atoms with E-state index in [0.29, 0.717) is 38.3 Å². The van der Waals surface area contributed by atoms with Gasteiger partial charge < -0.3 is 24.7 Å². The minimum Gasteiger partial charge on any atom is -0.464 e. The van der Waals surface area contributed by atoms with E-state index in [9.17, 15) is 14.4 Å². The zero-order chi connectivity index (χ0) is 39.0. The number of hydrogen-bond acceptors (Lipinski definition) is 10. The number of rotatable bonds is 7. The molecular formula is C42H65N7O5S6. The predicted molar refractivity (Wildman–Crippen MR) is 266 cm³/mol. The number of hydrazine groups is 1. The molecule has 0 radical (unpaired) electrons. The van der Waals surface area contributed by atoms with Crippen LogP contribution in [0.2, 0.25) is 0 Å². The van der Waals surface area contributed by atoms with Crippen LogP contribution in [0.3, 0.4) is 0 Å². The largest absolute Gasteiger partial charge is 0.464 e. The van der Waals surface area contributed by atoms with Gasteiger partial charge >= 0.3 is 5.97 Å². The smallest absolute Gasteiger partial charge is 0.324 e. The third-order valence-electron chi connectivity index (χ3n) is 11.6. The molecule has 0 unspecified atom stereocenters. The van der Waals surface area contributed by atoms with Gasteiger partial charge in [-0.2, -0.15) is 67.5 Å². The molecule has 2 fully saturated rings. The Labute approximate surface area is 393 Å². The number of aromatic nitrogens is 3. The summed E-state index contributed by atoms with van der Waals surface area (Å²) in [7, 11) is 1.70. The molecule has 2 amide bonds. The van der Waals surface area contributed by atoms with Gasteiger partial charge in [-0.15, -0.1) is 11.3 Å². The lowest BCUT2D eigenvalue weighted by molar-refractivity contribution is -0.155. The standard InChI is InChI=1S/C42H55N7O5S.5H2S/c1-8-48-35-14-13-26-17-28(35)29(38(48)27-11-9-15-44-37(27)25(4)53-7)19-42(5,6)23-54-41(52)32-12-10-16-49(47-32)40(51)33(18-36-45-34(26)22-55-36)46-39(50)31-21-43-20-30(31)24(2)3;;;;;/h9,11,13-15,17,22,24-25,30-33,43,47H,8,10,12,16,18-21,23H2,1-7H3,(H,46,50);5*1H2/t25-,30-,31+,32-,33-;;;;;/m0...../s1. The number of benzene rings is 1. The molecule has 6 bridgehead atoms. The fourth-order valence-electron chi connectivity index (χ4n) is 8.53. The Bertz CT molecular complexity index is 2080. The first-order valence-electron chi connectivity index (χ1n) is 19.7. The van der Waals surface area contributed by atoms with E-state index in [4.69, 9.17) is 19.4 Å². The highest BCUT2D eigenvalue weighted by atomic mass is 32.1. The van der Waals surface area contributed by atoms with Crippen molar-refractivity contribution in [1.82, 2.24) is 35.6 Å². The van der Waals surface area contributed by atoms with Crippen molar-refractivity contribution in [2.24, 2.45) is 23.2 Å². The number of nitrogens with one attached hydrogen (secondary N) is 3. The van der Waals surface area contributed by atoms with Gasteiger partial charge in [-0.05, 0) is 81.3 Å². The Morgan fingerprint density at radius 1 is 1.10 bits per heavy atom. The lowest BCUT2D eigenvalue weighted by Crippen LogP contribution is -2.61. The van der Waals surface area contributed by atoms with Crippen LogP contribution in [0.4, 0.5) is 0 Å². The lowest BCUT2D eigenvalue weighted by Gasteiger charge is -2.36. The van der Waals surface area contributed by atoms with Crippen LogP contribution in [0.15, 0.2) is 41.9 Å². The van der Waals surface area contributed by atoms with Gasteiger partial charge in [-0.1, -0.05) is 33.8 Å². The second-order valence-electron chi connectivity index (χ2n) is 16.4. The predicted octanol–water partition coefficient (Wildman–Crippen LogP) is 6.26. The molecule has 60 heavy (non-hydrogen) atoms. The van der Waals surface area contributed by atoms with Crippen LogP contribution in [0.5, 0.6) is 0 Å². The van der Waals surface area contributed by atoms with E-state index in [0.717, 1.165) is 62.8 Å². The van der Waals surface area contributed by atoms with Gasteiger partial charge in [0, 0.05) is 72.2 Å². The first kappa shape index (κ1) is 53.7. The molecule has 0 spiro atoms. The number of cyclic esters (lactones) is 1. The van der Waals surface area contributed by atoms with Crippen molar-refractivity contribution in [3.05, 3.63) is 58.2 Å². The van der Waals surface area contributed by atoms with Gasteiger partial charge in [0.15, 0.2) is 0 Å². The molecule has 1 aromatic carbocycles. The summed E-state index contributed by atoms with van der Waals surface area (Å²) >= 11 is 1.49. The fourth-order valence-corrected chi connectivity index (χ4v) is 9.38. The Morgan fingerprint density at radius 3 is 2.55 bits per heavy atom. The lowest BCUT2D eigenvalue weighted by atomic mass is 9.84. The summed E-state index contributed by atoms with van der Waals surface area (Å²) in [5.74, 6) is -0.564. The average molecular weight is 940 g/mol. The summed E-state index contributed by atoms with van der Waals surface area (Å²) in [6, 6.07) is 9.01. The molecule has 3 N–H and O–H groups in total. The van der Waals surface area contributed by atoms with Gasteiger partial charge in [-0.3, -0.25) is 24.4 Å². The van der Waals surface area contributed by atoms with Crippen LogP contribution in [0, 0.1) is 23.2 Å². The molecule has 3 aromatic heterocycles. The molecule has 12 nitrogen and oxygen atoms in total. The van der Waals surface area contributed by atoms with Crippen LogP contribution in [-0.2, 0) is 43.2 Å². The van der Waals surface area contributed by atoms with E-state index in [2.05, 4.69) is 79.5 Å². The molecule has 7 rings (SSSR count). The number of carbonyl (C=O) groups excluding carboxylic acids is 3. The first-order chi connectivity index (χ1) is 26.4. The van der Waals surface area contributed by atoms with Crippen molar-refractivity contribution in [1.29, 1.82) is 0 Å². The molecule has 5 atom stereocenters. The Kier molecular flexibility index (Phi) is 20.4. The third kappa shape index (κ3) is 11.2. The number of carbonyl (C=O) groups is 3. The molecular weight excluding hydrogens is 875 g/mol. The van der Waals surface area contributed by atoms with Crippen molar-refractivity contribution < 1.29 is 23.9 Å². The minimum absolute atomic E-state index is 0. The van der Waals surface area contributed by atoms with E-state index in [1.165, 1.54) is 16.3 Å². The highest BCUT2D eigenvalue weighted by Gasteiger charge is 2.39. The summed E-state index contributed by atoms with van der Waals surface area (Å²) in [4.78, 5) is 51.7. The second-order valence-corrected chi connectivity index (χ2v) is 17.4. The van der Waals surface area contributed by atoms with Gasteiger partial charge in [0.1, 0.15) is 12.1 Å². The molecule has 18 heteroatoms. The third-order valence-corrected chi connectivity index (χ3v) is 12.5. The quantitative estimate of drug-likeness (QED) is 0.184. The SMILES string of the molecule is CCn1c(-c2cccnc2[C@H](C)OC)c2c3cc(ccc31)-c1csc(n1)C[C@H](NC(=O)[C@@H]1CNC[C@H]1C(C)C)C(=O)N1CCC[C@H](N1)C(=O)OCC(C)(C)C2.S.S.S.S.S. The number of fused-ring (bicyclic) bond motifs is 6. The summed E-state index contributed by atoms with van der Waals surface area (Å²) in [5.41, 5.74) is 9.68. The van der Waals surface area contributed by atoms with Gasteiger partial charge in [0.2, 0.25) is 5.91 Å². The molecule has 3 aliphatic heterocycles. The van der Waals surface area contributed by atoms with Crippen LogP contribution < -0.4 is 16.1 Å². The number of esters is 1. The van der Waals surface area contributed by atoms with Crippen LogP contribution in [0.1, 0.15) is 76.8 Å². The zero-order valence-corrected chi connectivity index (χ0v) is 41.4. The van der Waals surface area contributed by atoms with Gasteiger partial charge in [0.05, 0.1) is 40.7 Å². The Hall–Kier alpha value is -2.42. The van der Waals surface area contributed by atoms with Gasteiger partial charge in [0.25, 0.3) is 5.91 Å². The minimum atomic E-state index is -0.863. The Balaban J connectivity index is 0.00000248. The fraction of sp³-hybridized carbons (Fsp3) is 0.548. The summed E-state index contributed by atoms with van der Waals surface area (Å²) in [5, 5.41) is 11.9. The van der Waals surface area contributed by atoms with Gasteiger partial charge in [-0.25, -0.2) is 10.4 Å². The Morgan fingerprint density at radius 2 is 1.85 bits per heavy atom. The number of thiazole rings is 1. The maximum absolute atomic E-state index is 14.3.